The summed E-state index contributed by atoms with van der Waals surface area (Å²) in [5.41, 5.74) is 2.85. The van der Waals surface area contributed by atoms with E-state index in [1.807, 2.05) is 38.3 Å². The van der Waals surface area contributed by atoms with Gasteiger partial charge in [0.25, 0.3) is 0 Å². The quantitative estimate of drug-likeness (QED) is 0.411. The summed E-state index contributed by atoms with van der Waals surface area (Å²) in [6.45, 7) is 13.7. The van der Waals surface area contributed by atoms with Gasteiger partial charge in [-0.15, -0.1) is 5.10 Å². The molecule has 0 bridgehead atoms. The number of morpholine rings is 1. The number of fused-ring (bicyclic) bond motifs is 1. The van der Waals surface area contributed by atoms with Crippen molar-refractivity contribution in [1.82, 2.24) is 24.8 Å². The molecule has 0 unspecified atom stereocenters. The number of alkyl carbamates (subject to hydrolysis) is 1. The van der Waals surface area contributed by atoms with Gasteiger partial charge in [0.2, 0.25) is 0 Å². The third-order valence-electron chi connectivity index (χ3n) is 8.06. The molecule has 4 heterocycles. The summed E-state index contributed by atoms with van der Waals surface area (Å²) in [5, 5.41) is 7.94. The van der Waals surface area contributed by atoms with Crippen LogP contribution in [0.25, 0.3) is 5.65 Å². The molecule has 2 aliphatic rings. The van der Waals surface area contributed by atoms with Gasteiger partial charge in [0, 0.05) is 45.2 Å². The molecule has 0 aliphatic carbocycles. The van der Waals surface area contributed by atoms with Crippen LogP contribution in [0, 0.1) is 13.8 Å². The number of alkyl halides is 3. The number of hydrogen-bond acceptors (Lipinski definition) is 7. The van der Waals surface area contributed by atoms with E-state index in [4.69, 9.17) is 19.6 Å². The first kappa shape index (κ1) is 31.1. The minimum atomic E-state index is -4.43. The van der Waals surface area contributed by atoms with E-state index < -0.39 is 23.4 Å². The molecule has 0 spiro atoms. The Labute approximate surface area is 250 Å². The molecule has 1 amide bonds. The Morgan fingerprint density at radius 2 is 1.79 bits per heavy atom. The van der Waals surface area contributed by atoms with Gasteiger partial charge in [-0.05, 0) is 76.3 Å². The lowest BCUT2D eigenvalue weighted by atomic mass is 9.97. The predicted molar refractivity (Wildman–Crippen MR) is 157 cm³/mol. The van der Waals surface area contributed by atoms with Crippen LogP contribution in [0.3, 0.4) is 0 Å². The Hall–Kier alpha value is -3.38. The molecule has 0 saturated carbocycles. The summed E-state index contributed by atoms with van der Waals surface area (Å²) in [7, 11) is 0. The van der Waals surface area contributed by atoms with E-state index in [-0.39, 0.29) is 18.0 Å². The van der Waals surface area contributed by atoms with Crippen LogP contribution in [0.2, 0.25) is 0 Å². The Morgan fingerprint density at radius 1 is 1.09 bits per heavy atom. The van der Waals surface area contributed by atoms with Gasteiger partial charge in [0.15, 0.2) is 5.65 Å². The number of nitrogens with zero attached hydrogens (tertiary/aromatic N) is 5. The van der Waals surface area contributed by atoms with E-state index in [9.17, 15) is 18.0 Å². The molecule has 2 saturated heterocycles. The molecule has 2 fully saturated rings. The molecular formula is C31H41F3N6O3. The smallest absolute Gasteiger partial charge is 0.416 e. The average Bonchev–Trinajstić information content (AvgIpc) is 3.27. The van der Waals surface area contributed by atoms with Gasteiger partial charge in [0.1, 0.15) is 11.4 Å². The fourth-order valence-corrected chi connectivity index (χ4v) is 5.78. The molecule has 0 atom stereocenters. The summed E-state index contributed by atoms with van der Waals surface area (Å²) in [6, 6.07) is 6.38. The summed E-state index contributed by atoms with van der Waals surface area (Å²) in [6.07, 6.45) is -3.07. The number of benzene rings is 1. The number of ether oxygens (including phenoxy) is 2. The Balaban J connectivity index is 1.43. The van der Waals surface area contributed by atoms with Gasteiger partial charge in [-0.25, -0.2) is 14.3 Å². The number of aryl methyl sites for hydroxylation is 1. The lowest BCUT2D eigenvalue weighted by molar-refractivity contribution is -0.138. The normalized spacial score (nSPS) is 17.4. The molecule has 43 heavy (non-hydrogen) atoms. The van der Waals surface area contributed by atoms with Crippen LogP contribution >= 0.6 is 0 Å². The van der Waals surface area contributed by atoms with Crippen LogP contribution in [0.1, 0.15) is 67.3 Å². The maximum Gasteiger partial charge on any atom is 0.416 e. The number of carbonyl (C=O) groups is 1. The van der Waals surface area contributed by atoms with Crippen molar-refractivity contribution in [3.8, 4) is 0 Å². The van der Waals surface area contributed by atoms with Crippen molar-refractivity contribution in [2.75, 3.05) is 44.3 Å². The minimum Gasteiger partial charge on any atom is -0.444 e. The van der Waals surface area contributed by atoms with Crippen LogP contribution in [0.5, 0.6) is 0 Å². The highest BCUT2D eigenvalue weighted by Crippen LogP contribution is 2.34. The van der Waals surface area contributed by atoms with Crippen LogP contribution in [0.4, 0.5) is 23.8 Å². The summed E-state index contributed by atoms with van der Waals surface area (Å²) < 4.78 is 54.0. The lowest BCUT2D eigenvalue weighted by Crippen LogP contribution is -2.45. The van der Waals surface area contributed by atoms with E-state index in [0.717, 1.165) is 54.8 Å². The molecular weight excluding hydrogens is 561 g/mol. The number of halogens is 3. The van der Waals surface area contributed by atoms with Gasteiger partial charge < -0.3 is 19.7 Å². The second-order valence-corrected chi connectivity index (χ2v) is 12.5. The van der Waals surface area contributed by atoms with Gasteiger partial charge in [0.05, 0.1) is 30.2 Å². The largest absolute Gasteiger partial charge is 0.444 e. The number of amides is 1. The van der Waals surface area contributed by atoms with Crippen molar-refractivity contribution in [3.05, 3.63) is 57.9 Å². The van der Waals surface area contributed by atoms with Crippen molar-refractivity contribution < 1.29 is 27.4 Å². The van der Waals surface area contributed by atoms with E-state index in [2.05, 4.69) is 15.1 Å². The van der Waals surface area contributed by atoms with Gasteiger partial charge in [-0.1, -0.05) is 12.1 Å². The lowest BCUT2D eigenvalue weighted by Gasteiger charge is -2.32. The molecule has 9 nitrogen and oxygen atoms in total. The number of anilines is 1. The first-order chi connectivity index (χ1) is 20.3. The highest BCUT2D eigenvalue weighted by molar-refractivity contribution is 5.68. The van der Waals surface area contributed by atoms with Crippen molar-refractivity contribution in [2.45, 2.75) is 78.2 Å². The molecule has 12 heteroatoms. The molecule has 234 valence electrons. The monoisotopic (exact) mass is 602 g/mol. The average molecular weight is 603 g/mol. The van der Waals surface area contributed by atoms with Gasteiger partial charge in [-0.2, -0.15) is 13.2 Å². The highest BCUT2D eigenvalue weighted by atomic mass is 19.4. The van der Waals surface area contributed by atoms with Crippen molar-refractivity contribution in [3.63, 3.8) is 0 Å². The van der Waals surface area contributed by atoms with Crippen molar-refractivity contribution in [2.24, 2.45) is 0 Å². The van der Waals surface area contributed by atoms with E-state index in [1.165, 1.54) is 13.0 Å². The molecule has 5 rings (SSSR count). The number of imidazole rings is 1. The Morgan fingerprint density at radius 3 is 2.44 bits per heavy atom. The number of carbonyl (C=O) groups excluding carboxylic acids is 1. The van der Waals surface area contributed by atoms with E-state index in [1.54, 1.807) is 6.07 Å². The van der Waals surface area contributed by atoms with Gasteiger partial charge >= 0.3 is 12.3 Å². The van der Waals surface area contributed by atoms with Crippen molar-refractivity contribution >= 4 is 17.6 Å². The zero-order chi connectivity index (χ0) is 30.9. The molecule has 1 aromatic carbocycles. The standard InChI is InChI=1S/C31H41F3N6O3/c1-20-17-27(39-13-15-42-16-14-39)37-40-26(18-22-7-6-8-24(21(22)2)31(32,33)34)25(36-28(20)40)19-38-11-9-23(10-12-38)35-29(41)43-30(3,4)5/h6-8,17,23H,9-16,18-19H2,1-5H3,(H,35,41). The third-order valence-corrected chi connectivity index (χ3v) is 8.06. The van der Waals surface area contributed by atoms with Crippen LogP contribution < -0.4 is 10.2 Å². The number of likely N-dealkylation sites (tertiary alicyclic amines) is 1. The maximum absolute atomic E-state index is 13.8. The van der Waals surface area contributed by atoms with Gasteiger partial charge in [-0.3, -0.25) is 4.90 Å². The number of nitrogens with one attached hydrogen (secondary N) is 1. The predicted octanol–water partition coefficient (Wildman–Crippen LogP) is 5.28. The van der Waals surface area contributed by atoms with Crippen LogP contribution in [0.15, 0.2) is 24.3 Å². The first-order valence-corrected chi connectivity index (χ1v) is 14.9. The fraction of sp³-hybridized carbons (Fsp3) is 0.581. The van der Waals surface area contributed by atoms with Crippen molar-refractivity contribution in [1.29, 1.82) is 0 Å². The molecule has 3 aromatic rings. The SMILES string of the molecule is Cc1c(Cc2c(CN3CCC(NC(=O)OC(C)(C)C)CC3)nc3c(C)cc(N4CCOCC4)nn23)cccc1C(F)(F)F. The topological polar surface area (TPSA) is 84.2 Å². The van der Waals surface area contributed by atoms with Crippen LogP contribution in [-0.4, -0.2) is 76.6 Å². The molecule has 2 aliphatic heterocycles. The second kappa shape index (κ2) is 12.3. The maximum atomic E-state index is 13.8. The summed E-state index contributed by atoms with van der Waals surface area (Å²) >= 11 is 0. The number of aromatic nitrogens is 3. The highest BCUT2D eigenvalue weighted by Gasteiger charge is 2.33. The zero-order valence-corrected chi connectivity index (χ0v) is 25.6. The number of rotatable bonds is 6. The minimum absolute atomic E-state index is 0.0133. The van der Waals surface area contributed by atoms with Crippen LogP contribution in [-0.2, 0) is 28.6 Å². The third kappa shape index (κ3) is 7.41. The Bertz CT molecular complexity index is 1450. The zero-order valence-electron chi connectivity index (χ0n) is 25.6. The molecule has 0 radical (unpaired) electrons. The number of piperidine rings is 1. The first-order valence-electron chi connectivity index (χ1n) is 14.9. The number of hydrogen-bond donors (Lipinski definition) is 1. The summed E-state index contributed by atoms with van der Waals surface area (Å²) in [5.74, 6) is 0.799. The fourth-order valence-electron chi connectivity index (χ4n) is 5.78. The second-order valence-electron chi connectivity index (χ2n) is 12.5. The summed E-state index contributed by atoms with van der Waals surface area (Å²) in [4.78, 5) is 21.7. The van der Waals surface area contributed by atoms with E-state index in [0.29, 0.717) is 44.1 Å². The molecule has 2 aromatic heterocycles. The van der Waals surface area contributed by atoms with E-state index >= 15 is 0 Å². The Kier molecular flexibility index (Phi) is 8.89. The molecule has 1 N–H and O–H groups in total.